The van der Waals surface area contributed by atoms with Crippen LogP contribution in [0.3, 0.4) is 0 Å². The van der Waals surface area contributed by atoms with Gasteiger partial charge in [0.25, 0.3) is 0 Å². The molecule has 0 radical (unpaired) electrons. The molecule has 0 aromatic carbocycles. The number of rotatable bonds is 4. The molecule has 1 unspecified atom stereocenters. The molecule has 3 heterocycles. The van der Waals surface area contributed by atoms with Crippen molar-refractivity contribution in [1.29, 1.82) is 0 Å². The summed E-state index contributed by atoms with van der Waals surface area (Å²) in [5.74, 6) is 0.769. The Hall–Kier alpha value is -2.76. The Labute approximate surface area is 150 Å². The van der Waals surface area contributed by atoms with Crippen molar-refractivity contribution in [2.45, 2.75) is 37.8 Å². The minimum Gasteiger partial charge on any atom is -0.351 e. The number of anilines is 1. The third kappa shape index (κ3) is 2.40. The van der Waals surface area contributed by atoms with Crippen molar-refractivity contribution in [2.75, 3.05) is 11.9 Å². The highest BCUT2D eigenvalue weighted by molar-refractivity contribution is 6.00. The minimum absolute atomic E-state index is 0.274. The zero-order chi connectivity index (χ0) is 17.7. The summed E-state index contributed by atoms with van der Waals surface area (Å²) in [6, 6.07) is 2.07. The van der Waals surface area contributed by atoms with Crippen LogP contribution in [0.1, 0.15) is 48.8 Å². The lowest BCUT2D eigenvalue weighted by Crippen LogP contribution is -2.39. The van der Waals surface area contributed by atoms with Crippen molar-refractivity contribution in [3.63, 3.8) is 0 Å². The van der Waals surface area contributed by atoms with E-state index in [1.807, 2.05) is 24.8 Å². The summed E-state index contributed by atoms with van der Waals surface area (Å²) in [5, 5.41) is 4.02. The molecule has 132 valence electrons. The van der Waals surface area contributed by atoms with Crippen LogP contribution in [0, 0.1) is 0 Å². The lowest BCUT2D eigenvalue weighted by atomic mass is 9.82. The van der Waals surface area contributed by atoms with Crippen LogP contribution in [0.25, 0.3) is 22.7 Å². The quantitative estimate of drug-likeness (QED) is 0.736. The average Bonchev–Trinajstić information content (AvgIpc) is 3.19. The van der Waals surface area contributed by atoms with Gasteiger partial charge in [-0.15, -0.1) is 0 Å². The normalized spacial score (nSPS) is 20.5. The van der Waals surface area contributed by atoms with Crippen LogP contribution < -0.4 is 5.32 Å². The maximum Gasteiger partial charge on any atom is 0.224 e. The number of halogens is 1. The van der Waals surface area contributed by atoms with Gasteiger partial charge in [-0.3, -0.25) is 4.98 Å². The van der Waals surface area contributed by atoms with Gasteiger partial charge in [-0.1, -0.05) is 6.92 Å². The van der Waals surface area contributed by atoms with E-state index in [2.05, 4.69) is 44.3 Å². The number of nitrogens with zero attached hydrogens (tertiary/aromatic N) is 3. The molecule has 0 spiro atoms. The monoisotopic (exact) mass is 349 g/mol. The van der Waals surface area contributed by atoms with Gasteiger partial charge in [0.05, 0.1) is 6.54 Å². The summed E-state index contributed by atoms with van der Waals surface area (Å²) in [7, 11) is 0. The van der Waals surface area contributed by atoms with E-state index in [1.54, 1.807) is 0 Å². The average molecular weight is 349 g/mol. The van der Waals surface area contributed by atoms with Crippen molar-refractivity contribution in [1.82, 2.24) is 19.9 Å². The molecule has 0 bridgehead atoms. The fourth-order valence-corrected chi connectivity index (χ4v) is 3.91. The smallest absolute Gasteiger partial charge is 0.224 e. The van der Waals surface area contributed by atoms with Crippen LogP contribution in [-0.4, -0.2) is 32.1 Å². The maximum atomic E-state index is 14.1. The first-order valence-corrected chi connectivity index (χ1v) is 9.06. The van der Waals surface area contributed by atoms with E-state index < -0.39 is 5.67 Å². The van der Waals surface area contributed by atoms with Crippen LogP contribution >= 0.6 is 0 Å². The molecule has 5 nitrogen and oxygen atoms in total. The molecule has 3 aromatic rings. The Morgan fingerprint density at radius 1 is 1.35 bits per heavy atom. The molecular weight excluding hydrogens is 329 g/mol. The topological polar surface area (TPSA) is 66.5 Å². The number of hydrogen-bond acceptors (Lipinski definition) is 4. The molecule has 1 atom stereocenters. The van der Waals surface area contributed by atoms with E-state index >= 15 is 0 Å². The van der Waals surface area contributed by atoms with Gasteiger partial charge < -0.3 is 10.3 Å². The molecule has 1 fully saturated rings. The number of hydrogen-bond donors (Lipinski definition) is 2. The van der Waals surface area contributed by atoms with Crippen LogP contribution in [0.5, 0.6) is 0 Å². The lowest BCUT2D eigenvalue weighted by Gasteiger charge is -2.33. The molecule has 2 aliphatic rings. The molecule has 0 saturated heterocycles. The van der Waals surface area contributed by atoms with E-state index in [1.165, 1.54) is 11.1 Å². The summed E-state index contributed by atoms with van der Waals surface area (Å²) < 4.78 is 14.1. The van der Waals surface area contributed by atoms with E-state index in [4.69, 9.17) is 0 Å². The molecule has 0 amide bonds. The van der Waals surface area contributed by atoms with Crippen molar-refractivity contribution in [3.8, 4) is 0 Å². The summed E-state index contributed by atoms with van der Waals surface area (Å²) >= 11 is 0. The van der Waals surface area contributed by atoms with E-state index in [9.17, 15) is 4.39 Å². The summed E-state index contributed by atoms with van der Waals surface area (Å²) in [6.07, 6.45) is 11.9. The molecule has 5 rings (SSSR count). The number of aromatic amines is 1. The summed E-state index contributed by atoms with van der Waals surface area (Å²) in [5.41, 5.74) is 4.47. The number of fused-ring (bicyclic) bond motifs is 2. The number of nitrogens with one attached hydrogen (secondary N) is 2. The van der Waals surface area contributed by atoms with Gasteiger partial charge >= 0.3 is 0 Å². The molecule has 3 aromatic heterocycles. The largest absolute Gasteiger partial charge is 0.351 e. The highest BCUT2D eigenvalue weighted by atomic mass is 19.1. The first kappa shape index (κ1) is 15.5. The molecule has 0 aliphatic heterocycles. The first-order chi connectivity index (χ1) is 12.6. The predicted octanol–water partition coefficient (Wildman–Crippen LogP) is 4.31. The first-order valence-electron chi connectivity index (χ1n) is 9.06. The minimum atomic E-state index is -1.09. The lowest BCUT2D eigenvalue weighted by molar-refractivity contribution is 0.0782. The molecule has 26 heavy (non-hydrogen) atoms. The van der Waals surface area contributed by atoms with Crippen LogP contribution in [0.15, 0.2) is 30.9 Å². The zero-order valence-electron chi connectivity index (χ0n) is 14.6. The second-order valence-corrected chi connectivity index (χ2v) is 7.34. The van der Waals surface area contributed by atoms with Gasteiger partial charge in [0, 0.05) is 41.7 Å². The number of H-pyrrole nitrogens is 1. The van der Waals surface area contributed by atoms with E-state index in [-0.39, 0.29) is 6.54 Å². The van der Waals surface area contributed by atoms with E-state index in [0.717, 1.165) is 28.6 Å². The van der Waals surface area contributed by atoms with Crippen molar-refractivity contribution in [2.24, 2.45) is 0 Å². The van der Waals surface area contributed by atoms with Gasteiger partial charge in [0.2, 0.25) is 5.95 Å². The summed E-state index contributed by atoms with van der Waals surface area (Å²) in [6.45, 7) is 2.48. The van der Waals surface area contributed by atoms with Gasteiger partial charge in [-0.05, 0) is 48.1 Å². The van der Waals surface area contributed by atoms with Gasteiger partial charge in [0.15, 0.2) is 0 Å². The van der Waals surface area contributed by atoms with Crippen molar-refractivity contribution in [3.05, 3.63) is 47.5 Å². The number of pyridine rings is 1. The summed E-state index contributed by atoms with van der Waals surface area (Å²) in [4.78, 5) is 16.4. The predicted molar refractivity (Wildman–Crippen MR) is 101 cm³/mol. The Morgan fingerprint density at radius 3 is 3.00 bits per heavy atom. The Bertz CT molecular complexity index is 1020. The van der Waals surface area contributed by atoms with Gasteiger partial charge in [0.1, 0.15) is 11.3 Å². The highest BCUT2D eigenvalue weighted by Crippen LogP contribution is 2.43. The second-order valence-electron chi connectivity index (χ2n) is 7.34. The molecule has 1 saturated carbocycles. The molecule has 6 heteroatoms. The Balaban J connectivity index is 1.44. The van der Waals surface area contributed by atoms with Crippen molar-refractivity contribution >= 4 is 28.6 Å². The van der Waals surface area contributed by atoms with Gasteiger partial charge in [-0.2, -0.15) is 4.98 Å². The van der Waals surface area contributed by atoms with E-state index in [0.29, 0.717) is 24.7 Å². The highest BCUT2D eigenvalue weighted by Gasteiger charge is 2.36. The Kier molecular flexibility index (Phi) is 3.35. The van der Waals surface area contributed by atoms with Crippen LogP contribution in [-0.2, 0) is 0 Å². The van der Waals surface area contributed by atoms with Gasteiger partial charge in [-0.25, -0.2) is 9.37 Å². The fourth-order valence-electron chi connectivity index (χ4n) is 3.91. The standard InChI is InChI=1S/C20H20FN5/c1-12-14-3-6-22-8-13(14)7-15(12)16-9-23-18-17(16)10-24-19(26-18)25-11-20(21)4-2-5-20/h3,6-10,12H,2,4-5,11H2,1H3,(H2,23,24,25,26). The molecule has 2 N–H and O–H groups in total. The third-order valence-electron chi connectivity index (χ3n) is 5.69. The maximum absolute atomic E-state index is 14.1. The number of alkyl halides is 1. The van der Waals surface area contributed by atoms with Crippen LogP contribution in [0.2, 0.25) is 0 Å². The second kappa shape index (κ2) is 5.62. The number of aromatic nitrogens is 4. The third-order valence-corrected chi connectivity index (χ3v) is 5.69. The molecule has 2 aliphatic carbocycles. The Morgan fingerprint density at radius 2 is 2.23 bits per heavy atom. The van der Waals surface area contributed by atoms with Crippen LogP contribution in [0.4, 0.5) is 10.3 Å². The van der Waals surface area contributed by atoms with Crippen molar-refractivity contribution < 1.29 is 4.39 Å². The number of allylic oxidation sites excluding steroid dienone is 1. The zero-order valence-corrected chi connectivity index (χ0v) is 14.6. The fraction of sp³-hybridized carbons (Fsp3) is 0.350. The molecular formula is C20H20FN5. The SMILES string of the molecule is CC1C(c2c[nH]c3nc(NCC4(F)CCC4)ncc23)=Cc2cnccc21.